The normalized spacial score (nSPS) is 14.1. The lowest BCUT2D eigenvalue weighted by Gasteiger charge is -2.24. The number of aliphatic hydroxyl groups excluding tert-OH is 2. The van der Waals surface area contributed by atoms with Gasteiger partial charge in [0.05, 0.1) is 25.2 Å². The second-order valence-electron chi connectivity index (χ2n) is 16.5. The van der Waals surface area contributed by atoms with E-state index in [0.717, 1.165) is 103 Å². The molecule has 0 bridgehead atoms. The summed E-state index contributed by atoms with van der Waals surface area (Å²) in [5.41, 5.74) is 0. The highest BCUT2D eigenvalue weighted by Crippen LogP contribution is 2.16. The Kier molecular flexibility index (Phi) is 45.3. The van der Waals surface area contributed by atoms with Crippen LogP contribution in [0, 0.1) is 0 Å². The molecule has 0 radical (unpaired) electrons. The summed E-state index contributed by atoms with van der Waals surface area (Å²) in [6.45, 7) is 6.20. The first-order valence-corrected chi connectivity index (χ1v) is 25.0. The third kappa shape index (κ3) is 43.2. The zero-order valence-electron chi connectivity index (χ0n) is 39.5. The highest BCUT2D eigenvalue weighted by atomic mass is 16.5. The molecule has 0 saturated heterocycles. The van der Waals surface area contributed by atoms with Crippen LogP contribution in [0.25, 0.3) is 0 Å². The molecule has 0 aromatic heterocycles. The van der Waals surface area contributed by atoms with Crippen molar-refractivity contribution in [1.29, 1.82) is 0 Å². The van der Waals surface area contributed by atoms with Crippen LogP contribution in [-0.4, -0.2) is 46.9 Å². The smallest absolute Gasteiger partial charge is 0.306 e. The fourth-order valence-electron chi connectivity index (χ4n) is 7.02. The van der Waals surface area contributed by atoms with E-state index in [4.69, 9.17) is 4.74 Å². The first-order valence-electron chi connectivity index (χ1n) is 25.0. The van der Waals surface area contributed by atoms with Gasteiger partial charge in [0.2, 0.25) is 5.91 Å². The molecule has 0 saturated carbocycles. The molecule has 0 heterocycles. The van der Waals surface area contributed by atoms with Crippen molar-refractivity contribution in [2.24, 2.45) is 0 Å². The number of aliphatic hydroxyl groups is 2. The minimum Gasteiger partial charge on any atom is -0.462 e. The molecule has 3 unspecified atom stereocenters. The van der Waals surface area contributed by atoms with Crippen LogP contribution in [0.5, 0.6) is 0 Å². The summed E-state index contributed by atoms with van der Waals surface area (Å²) >= 11 is 0. The quantitative estimate of drug-likeness (QED) is 0.0246. The summed E-state index contributed by atoms with van der Waals surface area (Å²) in [6.07, 6.45) is 63.2. The van der Waals surface area contributed by atoms with Gasteiger partial charge in [0.1, 0.15) is 6.10 Å². The molecule has 0 aliphatic carbocycles. The minimum absolute atomic E-state index is 0.0246. The van der Waals surface area contributed by atoms with Crippen LogP contribution in [0.1, 0.15) is 213 Å². The van der Waals surface area contributed by atoms with Crippen molar-refractivity contribution in [2.75, 3.05) is 6.61 Å². The number of esters is 1. The molecular formula is C55H93NO5. The van der Waals surface area contributed by atoms with Crippen LogP contribution in [0.2, 0.25) is 0 Å². The second-order valence-corrected chi connectivity index (χ2v) is 16.5. The molecule has 1 amide bonds. The highest BCUT2D eigenvalue weighted by molar-refractivity contribution is 5.77. The molecule has 348 valence electrons. The van der Waals surface area contributed by atoms with Crippen molar-refractivity contribution >= 4 is 11.9 Å². The van der Waals surface area contributed by atoms with Crippen molar-refractivity contribution in [1.82, 2.24) is 5.32 Å². The first-order chi connectivity index (χ1) is 30.0. The summed E-state index contributed by atoms with van der Waals surface area (Å²) in [5, 5.41) is 23.7. The van der Waals surface area contributed by atoms with Crippen molar-refractivity contribution < 1.29 is 24.5 Å². The van der Waals surface area contributed by atoms with E-state index < -0.39 is 18.2 Å². The summed E-state index contributed by atoms with van der Waals surface area (Å²) < 4.78 is 5.89. The Labute approximate surface area is 376 Å². The van der Waals surface area contributed by atoms with Crippen LogP contribution >= 0.6 is 0 Å². The monoisotopic (exact) mass is 848 g/mol. The third-order valence-electron chi connectivity index (χ3n) is 10.8. The number of hydrogen-bond donors (Lipinski definition) is 3. The largest absolute Gasteiger partial charge is 0.462 e. The lowest BCUT2D eigenvalue weighted by atomic mass is 10.0. The lowest BCUT2D eigenvalue weighted by molar-refractivity contribution is -0.151. The standard InChI is InChI=1S/C55H93NO5/c1-4-7-10-13-16-19-22-25-27-30-33-36-39-42-45-48-55(60)61-51(46-43-40-37-34-31-29-26-23-20-17-14-11-8-5-2)49-54(59)56-52(50-57)53(58)47-44-41-38-35-32-28-24-21-18-15-12-9-6-3/h7-8,10-11,13,16-17,19-20,22,25-27,29,34,37,51-53,57-58H,4-6,9,12,14-15,18,21,23-24,28,30-33,35-36,38-50H2,1-3H3,(H,56,59)/b10-7+,11-8+,16-13+,20-17+,22-19+,27-25-,29-26+,37-34+. The number of nitrogens with one attached hydrogen (secondary N) is 1. The molecule has 0 rings (SSSR count). The zero-order chi connectivity index (χ0) is 44.5. The van der Waals surface area contributed by atoms with Gasteiger partial charge in [0.25, 0.3) is 0 Å². The lowest BCUT2D eigenvalue weighted by Crippen LogP contribution is -2.46. The molecule has 0 aromatic carbocycles. The third-order valence-corrected chi connectivity index (χ3v) is 10.8. The van der Waals surface area contributed by atoms with Gasteiger partial charge in [-0.05, 0) is 77.0 Å². The SMILES string of the molecule is CC/C=C/C=C/C=C/C=C\CCCCCCCC(=O)OC(CCC/C=C/C/C=C/C/C=C/C/C=C/CC)CC(=O)NC(CO)C(O)CCCCCCCCCCCCCCC. The van der Waals surface area contributed by atoms with E-state index in [1.807, 2.05) is 18.2 Å². The van der Waals surface area contributed by atoms with E-state index in [0.29, 0.717) is 19.3 Å². The summed E-state index contributed by atoms with van der Waals surface area (Å²) in [7, 11) is 0. The Morgan fingerprint density at radius 2 is 0.984 bits per heavy atom. The van der Waals surface area contributed by atoms with Crippen molar-refractivity contribution in [3.8, 4) is 0 Å². The van der Waals surface area contributed by atoms with Crippen molar-refractivity contribution in [3.05, 3.63) is 97.2 Å². The predicted octanol–water partition coefficient (Wildman–Crippen LogP) is 14.9. The molecular weight excluding hydrogens is 755 g/mol. The number of carbonyl (C=O) groups excluding carboxylic acids is 2. The van der Waals surface area contributed by atoms with E-state index >= 15 is 0 Å². The average Bonchev–Trinajstić information content (AvgIpc) is 3.25. The van der Waals surface area contributed by atoms with Gasteiger partial charge in [-0.15, -0.1) is 0 Å². The van der Waals surface area contributed by atoms with E-state index in [1.54, 1.807) is 0 Å². The first kappa shape index (κ1) is 57.8. The number of unbranched alkanes of at least 4 members (excludes halogenated alkanes) is 18. The maximum Gasteiger partial charge on any atom is 0.306 e. The van der Waals surface area contributed by atoms with Crippen LogP contribution in [0.15, 0.2) is 97.2 Å². The molecule has 3 N–H and O–H groups in total. The van der Waals surface area contributed by atoms with Gasteiger partial charge in [-0.2, -0.15) is 0 Å². The number of hydrogen-bond acceptors (Lipinski definition) is 5. The molecule has 0 aliphatic heterocycles. The van der Waals surface area contributed by atoms with E-state index in [-0.39, 0.29) is 24.9 Å². The molecule has 0 aromatic rings. The Hall–Kier alpha value is -3.22. The van der Waals surface area contributed by atoms with Crippen LogP contribution in [-0.2, 0) is 14.3 Å². The number of carbonyl (C=O) groups is 2. The van der Waals surface area contributed by atoms with Crippen molar-refractivity contribution in [3.63, 3.8) is 0 Å². The number of allylic oxidation sites excluding steroid dienone is 16. The van der Waals surface area contributed by atoms with E-state index in [1.165, 1.54) is 64.2 Å². The Balaban J connectivity index is 4.73. The fourth-order valence-corrected chi connectivity index (χ4v) is 7.02. The average molecular weight is 848 g/mol. The summed E-state index contributed by atoms with van der Waals surface area (Å²) in [6, 6.07) is -0.729. The minimum atomic E-state index is -0.811. The maximum absolute atomic E-state index is 13.2. The van der Waals surface area contributed by atoms with Crippen molar-refractivity contribution in [2.45, 2.75) is 232 Å². The van der Waals surface area contributed by atoms with Gasteiger partial charge in [-0.1, -0.05) is 221 Å². The summed E-state index contributed by atoms with van der Waals surface area (Å²) in [5.74, 6) is -0.563. The molecule has 0 fully saturated rings. The molecule has 0 spiro atoms. The zero-order valence-corrected chi connectivity index (χ0v) is 39.5. The molecule has 6 nitrogen and oxygen atoms in total. The van der Waals surface area contributed by atoms with Crippen LogP contribution < -0.4 is 5.32 Å². The van der Waals surface area contributed by atoms with Crippen LogP contribution in [0.3, 0.4) is 0 Å². The van der Waals surface area contributed by atoms with Gasteiger partial charge in [-0.3, -0.25) is 9.59 Å². The Bertz CT molecular complexity index is 1220. The molecule has 3 atom stereocenters. The van der Waals surface area contributed by atoms with Gasteiger partial charge in [0, 0.05) is 6.42 Å². The predicted molar refractivity (Wildman–Crippen MR) is 264 cm³/mol. The van der Waals surface area contributed by atoms with Crippen LogP contribution in [0.4, 0.5) is 0 Å². The topological polar surface area (TPSA) is 95.9 Å². The summed E-state index contributed by atoms with van der Waals surface area (Å²) in [4.78, 5) is 26.1. The molecule has 0 aliphatic rings. The maximum atomic E-state index is 13.2. The highest BCUT2D eigenvalue weighted by Gasteiger charge is 2.24. The van der Waals surface area contributed by atoms with Gasteiger partial charge in [-0.25, -0.2) is 0 Å². The van der Waals surface area contributed by atoms with E-state index in [9.17, 15) is 19.8 Å². The fraction of sp³-hybridized carbons (Fsp3) is 0.673. The Morgan fingerprint density at radius 1 is 0.508 bits per heavy atom. The van der Waals surface area contributed by atoms with Gasteiger partial charge < -0.3 is 20.3 Å². The van der Waals surface area contributed by atoms with Gasteiger partial charge >= 0.3 is 5.97 Å². The van der Waals surface area contributed by atoms with Gasteiger partial charge in [0.15, 0.2) is 0 Å². The van der Waals surface area contributed by atoms with E-state index in [2.05, 4.69) is 105 Å². The number of ether oxygens (including phenoxy) is 1. The molecule has 61 heavy (non-hydrogen) atoms. The second kappa shape index (κ2) is 47.8. The number of rotatable bonds is 43. The number of amides is 1. The Morgan fingerprint density at radius 3 is 1.56 bits per heavy atom. The molecule has 6 heteroatoms.